The number of carbonyl (C=O) groups excluding carboxylic acids is 1. The summed E-state index contributed by atoms with van der Waals surface area (Å²) >= 11 is 0. The number of carbonyl (C=O) groups is 1. The van der Waals surface area contributed by atoms with Gasteiger partial charge in [-0.25, -0.2) is 9.78 Å². The Hall–Kier alpha value is -2.31. The van der Waals surface area contributed by atoms with Crippen molar-refractivity contribution in [2.24, 2.45) is 0 Å². The van der Waals surface area contributed by atoms with Crippen LogP contribution in [0.3, 0.4) is 0 Å². The Bertz CT molecular complexity index is 652. The van der Waals surface area contributed by atoms with Crippen molar-refractivity contribution < 1.29 is 27.8 Å². The van der Waals surface area contributed by atoms with E-state index in [1.54, 1.807) is 0 Å². The number of halogens is 3. The Balaban J connectivity index is 2.76. The second-order valence-corrected chi connectivity index (χ2v) is 3.71. The predicted octanol–water partition coefficient (Wildman–Crippen LogP) is 2.75. The molecule has 0 aliphatic heterocycles. The number of pyridine rings is 1. The van der Waals surface area contributed by atoms with Gasteiger partial charge in [0.05, 0.1) is 12.7 Å². The number of fused-ring (bicyclic) bond motifs is 1. The van der Waals surface area contributed by atoms with Crippen LogP contribution >= 0.6 is 0 Å². The zero-order chi connectivity index (χ0) is 14.2. The minimum atomic E-state index is -4.57. The van der Waals surface area contributed by atoms with E-state index in [4.69, 9.17) is 0 Å². The molecule has 0 saturated carbocycles. The number of esters is 1. The molecule has 0 radical (unpaired) electrons. The van der Waals surface area contributed by atoms with Crippen LogP contribution in [0.5, 0.6) is 5.75 Å². The van der Waals surface area contributed by atoms with Gasteiger partial charge in [-0.05, 0) is 6.07 Å². The highest BCUT2D eigenvalue weighted by Crippen LogP contribution is 2.37. The van der Waals surface area contributed by atoms with E-state index >= 15 is 0 Å². The third-order valence-electron chi connectivity index (χ3n) is 2.59. The molecule has 0 aliphatic carbocycles. The summed E-state index contributed by atoms with van der Waals surface area (Å²) in [6, 6.07) is 3.29. The summed E-state index contributed by atoms with van der Waals surface area (Å²) in [5, 5.41) is 9.43. The van der Waals surface area contributed by atoms with Gasteiger partial charge in [0, 0.05) is 17.0 Å². The van der Waals surface area contributed by atoms with Gasteiger partial charge in [-0.3, -0.25) is 0 Å². The SMILES string of the molecule is COC(=O)c1ncc2c(C(F)(F)F)cccc2c1O. The lowest BCUT2D eigenvalue weighted by molar-refractivity contribution is -0.136. The van der Waals surface area contributed by atoms with Crippen LogP contribution in [0.4, 0.5) is 13.2 Å². The lowest BCUT2D eigenvalue weighted by atomic mass is 10.0. The smallest absolute Gasteiger partial charge is 0.417 e. The molecular formula is C12H8F3NO3. The highest BCUT2D eigenvalue weighted by Gasteiger charge is 2.33. The number of ether oxygens (including phenoxy) is 1. The second kappa shape index (κ2) is 4.42. The van der Waals surface area contributed by atoms with E-state index in [1.807, 2.05) is 0 Å². The normalized spacial score (nSPS) is 11.6. The first-order chi connectivity index (χ1) is 8.86. The summed E-state index contributed by atoms with van der Waals surface area (Å²) in [6.45, 7) is 0. The second-order valence-electron chi connectivity index (χ2n) is 3.71. The number of aromatic hydroxyl groups is 1. The zero-order valence-corrected chi connectivity index (χ0v) is 9.65. The molecule has 0 bridgehead atoms. The van der Waals surface area contributed by atoms with Crippen LogP contribution in [0.15, 0.2) is 24.4 Å². The molecule has 2 aromatic rings. The molecule has 1 aromatic heterocycles. The van der Waals surface area contributed by atoms with Crippen LogP contribution < -0.4 is 0 Å². The van der Waals surface area contributed by atoms with Gasteiger partial charge < -0.3 is 9.84 Å². The van der Waals surface area contributed by atoms with Crippen LogP contribution in [0.25, 0.3) is 10.8 Å². The highest BCUT2D eigenvalue weighted by atomic mass is 19.4. The van der Waals surface area contributed by atoms with Gasteiger partial charge in [-0.15, -0.1) is 0 Å². The van der Waals surface area contributed by atoms with Crippen LogP contribution in [0, 0.1) is 0 Å². The molecule has 1 N–H and O–H groups in total. The first-order valence-electron chi connectivity index (χ1n) is 5.12. The molecule has 1 heterocycles. The monoisotopic (exact) mass is 271 g/mol. The number of benzene rings is 1. The Labute approximate surface area is 105 Å². The molecule has 0 aliphatic rings. The minimum Gasteiger partial charge on any atom is -0.505 e. The van der Waals surface area contributed by atoms with Crippen molar-refractivity contribution in [2.45, 2.75) is 6.18 Å². The fourth-order valence-electron chi connectivity index (χ4n) is 1.72. The largest absolute Gasteiger partial charge is 0.505 e. The molecule has 100 valence electrons. The van der Waals surface area contributed by atoms with Crippen molar-refractivity contribution in [2.75, 3.05) is 7.11 Å². The summed E-state index contributed by atoms with van der Waals surface area (Å²) < 4.78 is 42.7. The molecule has 1 aromatic carbocycles. The van der Waals surface area contributed by atoms with E-state index in [-0.39, 0.29) is 10.8 Å². The van der Waals surface area contributed by atoms with E-state index < -0.39 is 29.2 Å². The van der Waals surface area contributed by atoms with Gasteiger partial charge in [0.2, 0.25) is 0 Å². The van der Waals surface area contributed by atoms with Crippen molar-refractivity contribution in [3.8, 4) is 5.75 Å². The number of alkyl halides is 3. The van der Waals surface area contributed by atoms with Gasteiger partial charge in [0.25, 0.3) is 0 Å². The zero-order valence-electron chi connectivity index (χ0n) is 9.65. The Morgan fingerprint density at radius 3 is 2.58 bits per heavy atom. The van der Waals surface area contributed by atoms with Crippen molar-refractivity contribution in [3.63, 3.8) is 0 Å². The fraction of sp³-hybridized carbons (Fsp3) is 0.167. The third-order valence-corrected chi connectivity index (χ3v) is 2.59. The van der Waals surface area contributed by atoms with Gasteiger partial charge in [0.15, 0.2) is 11.4 Å². The standard InChI is InChI=1S/C12H8F3NO3/c1-19-11(18)9-10(17)6-3-2-4-8(12(13,14)15)7(6)5-16-9/h2-5,17H,1H3. The van der Waals surface area contributed by atoms with Gasteiger partial charge in [-0.1, -0.05) is 12.1 Å². The lowest BCUT2D eigenvalue weighted by Gasteiger charge is -2.11. The lowest BCUT2D eigenvalue weighted by Crippen LogP contribution is -2.08. The number of nitrogens with zero attached hydrogens (tertiary/aromatic N) is 1. The maximum Gasteiger partial charge on any atom is 0.417 e. The summed E-state index contributed by atoms with van der Waals surface area (Å²) in [6.07, 6.45) is -3.68. The van der Waals surface area contributed by atoms with Gasteiger partial charge in [-0.2, -0.15) is 13.2 Å². The summed E-state index contributed by atoms with van der Waals surface area (Å²) in [5.41, 5.74) is -1.35. The Kier molecular flexibility index (Phi) is 3.05. The molecule has 0 spiro atoms. The Morgan fingerprint density at radius 2 is 2.00 bits per heavy atom. The van der Waals surface area contributed by atoms with Crippen LogP contribution in [0.1, 0.15) is 16.1 Å². The van der Waals surface area contributed by atoms with Crippen LogP contribution in [-0.4, -0.2) is 23.2 Å². The molecule has 0 fully saturated rings. The maximum absolute atomic E-state index is 12.8. The molecule has 19 heavy (non-hydrogen) atoms. The number of hydrogen-bond donors (Lipinski definition) is 1. The van der Waals surface area contributed by atoms with E-state index in [0.717, 1.165) is 25.4 Å². The average molecular weight is 271 g/mol. The van der Waals surface area contributed by atoms with Gasteiger partial charge in [0.1, 0.15) is 0 Å². The molecule has 2 rings (SSSR count). The molecule has 7 heteroatoms. The van der Waals surface area contributed by atoms with Crippen molar-refractivity contribution in [3.05, 3.63) is 35.7 Å². The van der Waals surface area contributed by atoms with Crippen molar-refractivity contribution in [1.82, 2.24) is 4.98 Å². The Morgan fingerprint density at radius 1 is 1.32 bits per heavy atom. The first-order valence-corrected chi connectivity index (χ1v) is 5.12. The minimum absolute atomic E-state index is 0.106. The maximum atomic E-state index is 12.8. The van der Waals surface area contributed by atoms with Crippen LogP contribution in [0.2, 0.25) is 0 Å². The van der Waals surface area contributed by atoms with Crippen LogP contribution in [-0.2, 0) is 10.9 Å². The van der Waals surface area contributed by atoms with E-state index in [2.05, 4.69) is 9.72 Å². The first kappa shape index (κ1) is 13.1. The number of rotatable bonds is 1. The third kappa shape index (κ3) is 2.18. The highest BCUT2D eigenvalue weighted by molar-refractivity contribution is 5.99. The van der Waals surface area contributed by atoms with Crippen molar-refractivity contribution in [1.29, 1.82) is 0 Å². The predicted molar refractivity (Wildman–Crippen MR) is 59.7 cm³/mol. The van der Waals surface area contributed by atoms with E-state index in [1.165, 1.54) is 6.07 Å². The van der Waals surface area contributed by atoms with E-state index in [9.17, 15) is 23.1 Å². The summed E-state index contributed by atoms with van der Waals surface area (Å²) in [7, 11) is 1.08. The molecule has 4 nitrogen and oxygen atoms in total. The molecule has 0 amide bonds. The van der Waals surface area contributed by atoms with Crippen molar-refractivity contribution >= 4 is 16.7 Å². The topological polar surface area (TPSA) is 59.4 Å². The molecule has 0 atom stereocenters. The quantitative estimate of drug-likeness (QED) is 0.810. The molecular weight excluding hydrogens is 263 g/mol. The fourth-order valence-corrected chi connectivity index (χ4v) is 1.72. The summed E-state index contributed by atoms with van der Waals surface area (Å²) in [5.74, 6) is -1.55. The average Bonchev–Trinajstić information content (AvgIpc) is 2.37. The van der Waals surface area contributed by atoms with Gasteiger partial charge >= 0.3 is 12.1 Å². The van der Waals surface area contributed by atoms with E-state index in [0.29, 0.717) is 0 Å². The molecule has 0 saturated heterocycles. The molecule has 0 unspecified atom stereocenters. The number of hydrogen-bond acceptors (Lipinski definition) is 4. The number of aromatic nitrogens is 1. The summed E-state index contributed by atoms with van der Waals surface area (Å²) in [4.78, 5) is 14.8. The number of methoxy groups -OCH3 is 1.